The van der Waals surface area contributed by atoms with E-state index in [1.54, 1.807) is 24.3 Å². The van der Waals surface area contributed by atoms with Crippen molar-refractivity contribution in [2.24, 2.45) is 0 Å². The molecule has 0 atom stereocenters. The molecule has 0 radical (unpaired) electrons. The third-order valence-electron chi connectivity index (χ3n) is 2.47. The maximum atomic E-state index is 13.2. The number of hydrogen-bond donors (Lipinski definition) is 1. The van der Waals surface area contributed by atoms with Crippen molar-refractivity contribution in [3.05, 3.63) is 70.6 Å². The van der Waals surface area contributed by atoms with Crippen LogP contribution in [0.4, 0.5) is 20.6 Å². The molecule has 22 heavy (non-hydrogen) atoms. The Morgan fingerprint density at radius 2 is 2.27 bits per heavy atom. The third-order valence-corrected chi connectivity index (χ3v) is 2.47. The Kier molecular flexibility index (Phi) is 6.49. The average Bonchev–Trinajstić information content (AvgIpc) is 2.47. The second-order valence-electron chi connectivity index (χ2n) is 4.10. The average molecular weight is 306 g/mol. The lowest BCUT2D eigenvalue weighted by Gasteiger charge is -2.07. The van der Waals surface area contributed by atoms with Gasteiger partial charge in [0, 0.05) is 6.07 Å². The van der Waals surface area contributed by atoms with E-state index >= 15 is 0 Å². The van der Waals surface area contributed by atoms with Gasteiger partial charge in [-0.15, -0.1) is 0 Å². The summed E-state index contributed by atoms with van der Waals surface area (Å²) >= 11 is 0. The lowest BCUT2D eigenvalue weighted by atomic mass is 10.2. The summed E-state index contributed by atoms with van der Waals surface area (Å²) in [5.74, 6) is -0.979. The number of halogens is 1. The van der Waals surface area contributed by atoms with Crippen molar-refractivity contribution in [2.45, 2.75) is 6.92 Å². The zero-order valence-electron chi connectivity index (χ0n) is 11.9. The molecule has 6 nitrogen and oxygen atoms in total. The van der Waals surface area contributed by atoms with Crippen molar-refractivity contribution >= 4 is 17.5 Å². The maximum absolute atomic E-state index is 13.2. The SMILES string of the molecule is C=C/C=C(\C=C/C)COC(=O)Nc1ccc(F)c([N+](=O)[O-])c1. The first-order valence-corrected chi connectivity index (χ1v) is 6.30. The number of hydrogen-bond acceptors (Lipinski definition) is 4. The quantitative estimate of drug-likeness (QED) is 0.490. The molecule has 0 saturated carbocycles. The lowest BCUT2D eigenvalue weighted by molar-refractivity contribution is -0.387. The number of nitrogens with zero attached hydrogens (tertiary/aromatic N) is 1. The standard InChI is InChI=1S/C15H15FN2O4/c1-3-5-11(6-4-2)10-22-15(19)17-12-7-8-13(16)14(9-12)18(20)21/h3-9H,1,10H2,2H3,(H,17,19)/b6-4-,11-5+. The fraction of sp³-hybridized carbons (Fsp3) is 0.133. The number of anilines is 1. The minimum Gasteiger partial charge on any atom is -0.444 e. The van der Waals surface area contributed by atoms with E-state index in [9.17, 15) is 19.3 Å². The van der Waals surface area contributed by atoms with E-state index in [0.29, 0.717) is 0 Å². The Morgan fingerprint density at radius 1 is 1.55 bits per heavy atom. The summed E-state index contributed by atoms with van der Waals surface area (Å²) in [7, 11) is 0. The van der Waals surface area contributed by atoms with Gasteiger partial charge >= 0.3 is 11.8 Å². The first kappa shape index (κ1) is 17.1. The number of carbonyl (C=O) groups is 1. The summed E-state index contributed by atoms with van der Waals surface area (Å²) in [5, 5.41) is 12.9. The first-order chi connectivity index (χ1) is 10.5. The van der Waals surface area contributed by atoms with E-state index in [4.69, 9.17) is 4.74 Å². The topological polar surface area (TPSA) is 81.5 Å². The zero-order chi connectivity index (χ0) is 16.5. The Morgan fingerprint density at radius 3 is 2.86 bits per heavy atom. The van der Waals surface area contributed by atoms with Crippen LogP contribution in [0.15, 0.2) is 54.7 Å². The van der Waals surface area contributed by atoms with Gasteiger partial charge in [0.25, 0.3) is 0 Å². The van der Waals surface area contributed by atoms with E-state index in [0.717, 1.165) is 17.7 Å². The molecule has 1 N–H and O–H groups in total. The molecular weight excluding hydrogens is 291 g/mol. The van der Waals surface area contributed by atoms with Gasteiger partial charge in [-0.05, 0) is 24.6 Å². The molecule has 0 aromatic heterocycles. The van der Waals surface area contributed by atoms with Gasteiger partial charge in [0.05, 0.1) is 10.6 Å². The second-order valence-corrected chi connectivity index (χ2v) is 4.10. The van der Waals surface area contributed by atoms with Gasteiger partial charge < -0.3 is 4.74 Å². The van der Waals surface area contributed by atoms with E-state index in [-0.39, 0.29) is 12.3 Å². The largest absolute Gasteiger partial charge is 0.444 e. The predicted molar refractivity (Wildman–Crippen MR) is 81.1 cm³/mol. The molecule has 0 heterocycles. The molecule has 7 heteroatoms. The number of nitro groups is 1. The molecule has 116 valence electrons. The van der Waals surface area contributed by atoms with Gasteiger partial charge in [0.1, 0.15) is 6.61 Å². The van der Waals surface area contributed by atoms with Crippen LogP contribution < -0.4 is 5.32 Å². The van der Waals surface area contributed by atoms with Crippen LogP contribution in [0, 0.1) is 15.9 Å². The Hall–Kier alpha value is -2.96. The number of nitrogens with one attached hydrogen (secondary N) is 1. The number of ether oxygens (including phenoxy) is 1. The predicted octanol–water partition coefficient (Wildman–Crippen LogP) is 3.97. The normalized spacial score (nSPS) is 11.3. The fourth-order valence-electron chi connectivity index (χ4n) is 1.55. The molecule has 1 rings (SSSR count). The molecule has 0 saturated heterocycles. The summed E-state index contributed by atoms with van der Waals surface area (Å²) in [4.78, 5) is 21.4. The minimum atomic E-state index is -0.979. The molecule has 0 bridgehead atoms. The molecule has 0 aliphatic rings. The third kappa shape index (κ3) is 5.20. The minimum absolute atomic E-state index is 0.00544. The highest BCUT2D eigenvalue weighted by atomic mass is 19.1. The van der Waals surface area contributed by atoms with Gasteiger partial charge in [0.2, 0.25) is 5.82 Å². The van der Waals surface area contributed by atoms with Crippen LogP contribution in [-0.2, 0) is 4.74 Å². The number of rotatable bonds is 6. The maximum Gasteiger partial charge on any atom is 0.411 e. The van der Waals surface area contributed by atoms with Gasteiger partial charge in [-0.1, -0.05) is 30.9 Å². The van der Waals surface area contributed by atoms with E-state index in [1.165, 1.54) is 6.07 Å². The van der Waals surface area contributed by atoms with Gasteiger partial charge in [-0.3, -0.25) is 15.4 Å². The van der Waals surface area contributed by atoms with Crippen molar-refractivity contribution in [1.82, 2.24) is 0 Å². The van der Waals surface area contributed by atoms with Gasteiger partial charge in [-0.25, -0.2) is 4.79 Å². The molecule has 0 fully saturated rings. The number of amides is 1. The Labute approximate surface area is 126 Å². The van der Waals surface area contributed by atoms with Crippen molar-refractivity contribution in [1.29, 1.82) is 0 Å². The van der Waals surface area contributed by atoms with Crippen molar-refractivity contribution < 1.29 is 18.8 Å². The van der Waals surface area contributed by atoms with Crippen LogP contribution in [0.5, 0.6) is 0 Å². The van der Waals surface area contributed by atoms with Crippen LogP contribution in [0.3, 0.4) is 0 Å². The van der Waals surface area contributed by atoms with Crippen molar-refractivity contribution in [3.8, 4) is 0 Å². The molecule has 1 aromatic rings. The highest BCUT2D eigenvalue weighted by molar-refractivity contribution is 5.85. The van der Waals surface area contributed by atoms with Crippen LogP contribution >= 0.6 is 0 Å². The second kappa shape index (κ2) is 8.35. The highest BCUT2D eigenvalue weighted by Crippen LogP contribution is 2.21. The van der Waals surface area contributed by atoms with Gasteiger partial charge in [0.15, 0.2) is 0 Å². The lowest BCUT2D eigenvalue weighted by Crippen LogP contribution is -2.15. The molecular formula is C15H15FN2O4. The Balaban J connectivity index is 2.69. The monoisotopic (exact) mass is 306 g/mol. The smallest absolute Gasteiger partial charge is 0.411 e. The van der Waals surface area contributed by atoms with Crippen LogP contribution in [-0.4, -0.2) is 17.6 Å². The van der Waals surface area contributed by atoms with E-state index in [2.05, 4.69) is 11.9 Å². The van der Waals surface area contributed by atoms with Gasteiger partial charge in [-0.2, -0.15) is 4.39 Å². The van der Waals surface area contributed by atoms with Crippen LogP contribution in [0.25, 0.3) is 0 Å². The number of benzene rings is 1. The first-order valence-electron chi connectivity index (χ1n) is 6.30. The van der Waals surface area contributed by atoms with Crippen molar-refractivity contribution in [3.63, 3.8) is 0 Å². The summed E-state index contributed by atoms with van der Waals surface area (Å²) in [5.41, 5.74) is 0.0649. The molecule has 0 aliphatic heterocycles. The van der Waals surface area contributed by atoms with Crippen molar-refractivity contribution in [2.75, 3.05) is 11.9 Å². The highest BCUT2D eigenvalue weighted by Gasteiger charge is 2.15. The van der Waals surface area contributed by atoms with E-state index in [1.807, 2.05) is 6.92 Å². The Bertz CT molecular complexity index is 638. The molecule has 0 spiro atoms. The summed E-state index contributed by atoms with van der Waals surface area (Å²) in [6.45, 7) is 5.37. The zero-order valence-corrected chi connectivity index (χ0v) is 11.9. The number of nitro benzene ring substituents is 1. The van der Waals surface area contributed by atoms with Crippen LogP contribution in [0.1, 0.15) is 6.92 Å². The summed E-state index contributed by atoms with van der Waals surface area (Å²) in [6.07, 6.45) is 5.95. The number of allylic oxidation sites excluding steroid dienone is 3. The summed E-state index contributed by atoms with van der Waals surface area (Å²) < 4.78 is 18.1. The molecule has 1 amide bonds. The molecule has 0 unspecified atom stereocenters. The molecule has 0 aliphatic carbocycles. The fourth-order valence-corrected chi connectivity index (χ4v) is 1.55. The number of carbonyl (C=O) groups excluding carboxylic acids is 1. The summed E-state index contributed by atoms with van der Waals surface area (Å²) in [6, 6.07) is 3.02. The van der Waals surface area contributed by atoms with E-state index < -0.39 is 22.5 Å². The van der Waals surface area contributed by atoms with Crippen LogP contribution in [0.2, 0.25) is 0 Å². The molecule has 1 aromatic carbocycles.